The minimum atomic E-state index is -0.0775. The van der Waals surface area contributed by atoms with E-state index in [-0.39, 0.29) is 11.2 Å². The van der Waals surface area contributed by atoms with Gasteiger partial charge < -0.3 is 14.5 Å². The fourth-order valence-corrected chi connectivity index (χ4v) is 4.15. The zero-order valence-corrected chi connectivity index (χ0v) is 15.0. The minimum Gasteiger partial charge on any atom is -0.467 e. The smallest absolute Gasteiger partial charge is 0.238 e. The molecule has 0 saturated carbocycles. The van der Waals surface area contributed by atoms with Crippen LogP contribution in [0.4, 0.5) is 5.69 Å². The van der Waals surface area contributed by atoms with E-state index < -0.39 is 0 Å². The predicted octanol–water partition coefficient (Wildman–Crippen LogP) is 4.65. The molecule has 1 amide bonds. The monoisotopic (exact) mass is 365 g/mol. The highest BCUT2D eigenvalue weighted by Gasteiger charge is 2.27. The first-order valence-electron chi connectivity index (χ1n) is 8.52. The van der Waals surface area contributed by atoms with E-state index >= 15 is 0 Å². The van der Waals surface area contributed by atoms with Crippen molar-refractivity contribution in [3.63, 3.8) is 0 Å². The third kappa shape index (κ3) is 4.00. The molecule has 4 nitrogen and oxygen atoms in total. The number of carbonyl (C=O) groups excluding carboxylic acids is 1. The lowest BCUT2D eigenvalue weighted by molar-refractivity contribution is -0.115. The molecule has 1 N–H and O–H groups in total. The number of furan rings is 1. The van der Waals surface area contributed by atoms with Gasteiger partial charge in [-0.3, -0.25) is 4.79 Å². The van der Waals surface area contributed by atoms with Crippen molar-refractivity contribution in [3.8, 4) is 0 Å². The van der Waals surface area contributed by atoms with Gasteiger partial charge in [-0.05, 0) is 47.9 Å². The van der Waals surface area contributed by atoms with E-state index in [1.807, 2.05) is 48.5 Å². The number of thioether (sulfide) groups is 1. The molecule has 0 radical (unpaired) electrons. The molecular weight excluding hydrogens is 346 g/mol. The Balaban J connectivity index is 1.33. The zero-order chi connectivity index (χ0) is 17.8. The van der Waals surface area contributed by atoms with Gasteiger partial charge in [0.05, 0.1) is 18.1 Å². The maximum absolute atomic E-state index is 12.6. The van der Waals surface area contributed by atoms with Crippen LogP contribution in [0.1, 0.15) is 16.9 Å². The summed E-state index contributed by atoms with van der Waals surface area (Å²) in [5, 5.41) is 2.95. The molecule has 26 heavy (non-hydrogen) atoms. The molecular formula is C21H19NO3S. The van der Waals surface area contributed by atoms with Crippen molar-refractivity contribution in [2.45, 2.75) is 29.8 Å². The largest absolute Gasteiger partial charge is 0.467 e. The molecule has 1 aromatic heterocycles. The Bertz CT molecular complexity index is 867. The predicted molar refractivity (Wildman–Crippen MR) is 102 cm³/mol. The lowest BCUT2D eigenvalue weighted by Crippen LogP contribution is -2.24. The average Bonchev–Trinajstić information content (AvgIpc) is 3.31. The molecule has 2 heterocycles. The molecule has 2 aromatic carbocycles. The van der Waals surface area contributed by atoms with Crippen LogP contribution < -0.4 is 5.32 Å². The van der Waals surface area contributed by atoms with E-state index in [0.717, 1.165) is 23.4 Å². The first-order valence-corrected chi connectivity index (χ1v) is 9.40. The van der Waals surface area contributed by atoms with Crippen LogP contribution in [0.5, 0.6) is 0 Å². The fourth-order valence-electron chi connectivity index (χ4n) is 2.95. The maximum Gasteiger partial charge on any atom is 0.238 e. The molecule has 0 aliphatic carbocycles. The number of nitrogens with one attached hydrogen (secondary N) is 1. The van der Waals surface area contributed by atoms with Gasteiger partial charge in [-0.1, -0.05) is 30.3 Å². The van der Waals surface area contributed by atoms with Crippen LogP contribution in [-0.4, -0.2) is 11.2 Å². The Morgan fingerprint density at radius 3 is 2.88 bits per heavy atom. The second-order valence-corrected chi connectivity index (χ2v) is 7.42. The summed E-state index contributed by atoms with van der Waals surface area (Å²) < 4.78 is 10.9. The summed E-state index contributed by atoms with van der Waals surface area (Å²) in [6.45, 7) is 0.897. The number of amides is 1. The summed E-state index contributed by atoms with van der Waals surface area (Å²) in [4.78, 5) is 13.8. The second-order valence-electron chi connectivity index (χ2n) is 6.18. The maximum atomic E-state index is 12.6. The molecule has 0 bridgehead atoms. The summed E-state index contributed by atoms with van der Waals surface area (Å²) in [6.07, 6.45) is 2.41. The highest BCUT2D eigenvalue weighted by molar-refractivity contribution is 8.01. The van der Waals surface area contributed by atoms with Gasteiger partial charge in [0.2, 0.25) is 5.91 Å². The van der Waals surface area contributed by atoms with Crippen molar-refractivity contribution >= 4 is 23.4 Å². The van der Waals surface area contributed by atoms with E-state index in [4.69, 9.17) is 9.15 Å². The van der Waals surface area contributed by atoms with E-state index in [1.165, 1.54) is 10.5 Å². The number of rotatable bonds is 6. The van der Waals surface area contributed by atoms with E-state index in [1.54, 1.807) is 18.0 Å². The molecule has 1 atom stereocenters. The van der Waals surface area contributed by atoms with Crippen molar-refractivity contribution in [2.75, 3.05) is 5.32 Å². The van der Waals surface area contributed by atoms with Gasteiger partial charge in [0.25, 0.3) is 0 Å². The topological polar surface area (TPSA) is 51.5 Å². The van der Waals surface area contributed by atoms with Gasteiger partial charge in [0, 0.05) is 10.6 Å². The van der Waals surface area contributed by atoms with Crippen LogP contribution in [0.3, 0.4) is 0 Å². The summed E-state index contributed by atoms with van der Waals surface area (Å²) in [5.74, 6) is 0.840. The first-order chi connectivity index (χ1) is 12.8. The molecule has 5 heteroatoms. The minimum absolute atomic E-state index is 0.0415. The van der Waals surface area contributed by atoms with Crippen LogP contribution in [0.25, 0.3) is 0 Å². The Morgan fingerprint density at radius 1 is 1.12 bits per heavy atom. The molecule has 1 aliphatic rings. The van der Waals surface area contributed by atoms with Gasteiger partial charge in [-0.2, -0.15) is 0 Å². The van der Waals surface area contributed by atoms with Gasteiger partial charge in [0.15, 0.2) is 0 Å². The molecule has 132 valence electrons. The number of benzene rings is 2. The summed E-state index contributed by atoms with van der Waals surface area (Å²) in [6, 6.07) is 19.7. The third-order valence-corrected chi connectivity index (χ3v) is 5.54. The number of hydrogen-bond acceptors (Lipinski definition) is 4. The zero-order valence-electron chi connectivity index (χ0n) is 14.2. The van der Waals surface area contributed by atoms with Crippen LogP contribution in [0.2, 0.25) is 0 Å². The molecule has 0 spiro atoms. The molecule has 3 aromatic rings. The number of fused-ring (bicyclic) bond motifs is 1. The van der Waals surface area contributed by atoms with Crippen molar-refractivity contribution in [2.24, 2.45) is 0 Å². The van der Waals surface area contributed by atoms with Crippen molar-refractivity contribution in [1.29, 1.82) is 0 Å². The van der Waals surface area contributed by atoms with Crippen LogP contribution in [0.15, 0.2) is 76.2 Å². The summed E-state index contributed by atoms with van der Waals surface area (Å²) >= 11 is 1.63. The van der Waals surface area contributed by atoms with Crippen molar-refractivity contribution in [3.05, 3.63) is 83.8 Å². The normalized spacial score (nSPS) is 15.6. The van der Waals surface area contributed by atoms with Gasteiger partial charge in [-0.25, -0.2) is 0 Å². The van der Waals surface area contributed by atoms with Crippen molar-refractivity contribution in [1.82, 2.24) is 0 Å². The number of anilines is 1. The lowest BCUT2D eigenvalue weighted by atomic mass is 10.1. The standard InChI is InChI=1S/C21H19NO3S/c23-21(20-12-16-6-1-2-9-19(16)26-20)22-17-7-3-5-15(11-17)13-24-14-18-8-4-10-25-18/h1-11,20H,12-14H2,(H,22,23). The number of carbonyl (C=O) groups is 1. The van der Waals surface area contributed by atoms with Gasteiger partial charge >= 0.3 is 0 Å². The molecule has 0 saturated heterocycles. The molecule has 1 unspecified atom stereocenters. The van der Waals surface area contributed by atoms with Crippen LogP contribution in [0, 0.1) is 0 Å². The van der Waals surface area contributed by atoms with Gasteiger partial charge in [0.1, 0.15) is 12.4 Å². The third-order valence-electron chi connectivity index (χ3n) is 4.23. The summed E-state index contributed by atoms with van der Waals surface area (Å²) in [7, 11) is 0. The second kappa shape index (κ2) is 7.81. The number of hydrogen-bond donors (Lipinski definition) is 1. The SMILES string of the molecule is O=C(Nc1cccc(COCc2ccco2)c1)C1Cc2ccccc2S1. The highest BCUT2D eigenvalue weighted by atomic mass is 32.2. The fraction of sp³-hybridized carbons (Fsp3) is 0.190. The first kappa shape index (κ1) is 16.9. The van der Waals surface area contributed by atoms with Gasteiger partial charge in [-0.15, -0.1) is 11.8 Å². The lowest BCUT2D eigenvalue weighted by Gasteiger charge is -2.11. The Morgan fingerprint density at radius 2 is 2.04 bits per heavy atom. The van der Waals surface area contributed by atoms with E-state index in [2.05, 4.69) is 17.4 Å². The average molecular weight is 365 g/mol. The highest BCUT2D eigenvalue weighted by Crippen LogP contribution is 2.37. The molecule has 1 aliphatic heterocycles. The van der Waals surface area contributed by atoms with Crippen LogP contribution in [-0.2, 0) is 29.2 Å². The van der Waals surface area contributed by atoms with Crippen LogP contribution >= 0.6 is 11.8 Å². The van der Waals surface area contributed by atoms with E-state index in [9.17, 15) is 4.79 Å². The Labute approximate surface area is 156 Å². The number of ether oxygens (including phenoxy) is 1. The summed E-state index contributed by atoms with van der Waals surface area (Å²) in [5.41, 5.74) is 3.06. The molecule has 0 fully saturated rings. The van der Waals surface area contributed by atoms with Crippen molar-refractivity contribution < 1.29 is 13.9 Å². The molecule has 4 rings (SSSR count). The Kier molecular flexibility index (Phi) is 5.09. The van der Waals surface area contributed by atoms with E-state index in [0.29, 0.717) is 13.2 Å². The Hall–Kier alpha value is -2.50. The quantitative estimate of drug-likeness (QED) is 0.691.